The molecule has 88 valence electrons. The molecule has 0 saturated heterocycles. The molecule has 0 aliphatic heterocycles. The molecule has 4 nitrogen and oxygen atoms in total. The van der Waals surface area contributed by atoms with Gasteiger partial charge < -0.3 is 5.11 Å². The summed E-state index contributed by atoms with van der Waals surface area (Å²) in [6, 6.07) is 3.27. The Morgan fingerprint density at radius 2 is 2.29 bits per heavy atom. The van der Waals surface area contributed by atoms with Crippen molar-refractivity contribution in [2.75, 3.05) is 0 Å². The van der Waals surface area contributed by atoms with E-state index in [9.17, 15) is 14.3 Å². The molecule has 0 atom stereocenters. The Morgan fingerprint density at radius 1 is 1.53 bits per heavy atom. The van der Waals surface area contributed by atoms with Crippen LogP contribution in [0.25, 0.3) is 0 Å². The summed E-state index contributed by atoms with van der Waals surface area (Å²) in [4.78, 5) is 12.0. The number of hydrogen-bond acceptors (Lipinski definition) is 3. The molecule has 5 heteroatoms. The maximum Gasteiger partial charge on any atom is 0.200 e. The van der Waals surface area contributed by atoms with Crippen LogP contribution in [0.5, 0.6) is 5.75 Å². The molecule has 0 unspecified atom stereocenters. The van der Waals surface area contributed by atoms with E-state index < -0.39 is 11.6 Å². The minimum atomic E-state index is -0.561. The lowest BCUT2D eigenvalue weighted by molar-refractivity contribution is 0.103. The number of halogens is 1. The lowest BCUT2D eigenvalue weighted by Crippen LogP contribution is -2.01. The first-order chi connectivity index (χ1) is 8.11. The van der Waals surface area contributed by atoms with Crippen molar-refractivity contribution in [3.8, 4) is 5.75 Å². The zero-order valence-electron chi connectivity index (χ0n) is 9.22. The van der Waals surface area contributed by atoms with E-state index in [1.165, 1.54) is 6.20 Å². The van der Waals surface area contributed by atoms with Gasteiger partial charge in [0.15, 0.2) is 5.78 Å². The molecule has 0 aliphatic carbocycles. The second-order valence-electron chi connectivity index (χ2n) is 3.58. The average Bonchev–Trinajstić information content (AvgIpc) is 2.80. The monoisotopic (exact) mass is 234 g/mol. The molecule has 1 aromatic carbocycles. The van der Waals surface area contributed by atoms with Crippen LogP contribution in [0.2, 0.25) is 0 Å². The SMILES string of the molecule is CCn1cc(C(=O)c2cc(F)ccc2O)cn1. The van der Waals surface area contributed by atoms with Crippen LogP contribution < -0.4 is 0 Å². The fraction of sp³-hybridized carbons (Fsp3) is 0.167. The Bertz CT molecular complexity index is 563. The third-order valence-corrected chi connectivity index (χ3v) is 2.42. The van der Waals surface area contributed by atoms with E-state index in [0.717, 1.165) is 18.2 Å². The number of aryl methyl sites for hydroxylation is 1. The van der Waals surface area contributed by atoms with Crippen molar-refractivity contribution in [3.63, 3.8) is 0 Å². The minimum Gasteiger partial charge on any atom is -0.507 e. The van der Waals surface area contributed by atoms with Crippen molar-refractivity contribution in [2.45, 2.75) is 13.5 Å². The second-order valence-corrected chi connectivity index (χ2v) is 3.58. The Balaban J connectivity index is 2.39. The zero-order valence-corrected chi connectivity index (χ0v) is 9.22. The van der Waals surface area contributed by atoms with Gasteiger partial charge >= 0.3 is 0 Å². The van der Waals surface area contributed by atoms with Gasteiger partial charge in [0.1, 0.15) is 11.6 Å². The first-order valence-electron chi connectivity index (χ1n) is 5.17. The molecular formula is C12H11FN2O2. The number of rotatable bonds is 3. The van der Waals surface area contributed by atoms with Gasteiger partial charge in [-0.1, -0.05) is 0 Å². The highest BCUT2D eigenvalue weighted by Gasteiger charge is 2.16. The van der Waals surface area contributed by atoms with Crippen LogP contribution in [0.4, 0.5) is 4.39 Å². The van der Waals surface area contributed by atoms with Gasteiger partial charge in [-0.05, 0) is 25.1 Å². The topological polar surface area (TPSA) is 55.1 Å². The van der Waals surface area contributed by atoms with Crippen molar-refractivity contribution in [1.29, 1.82) is 0 Å². The molecule has 17 heavy (non-hydrogen) atoms. The minimum absolute atomic E-state index is 0.0550. The molecule has 0 bridgehead atoms. The van der Waals surface area contributed by atoms with Gasteiger partial charge in [0.25, 0.3) is 0 Å². The van der Waals surface area contributed by atoms with Crippen molar-refractivity contribution >= 4 is 5.78 Å². The van der Waals surface area contributed by atoms with Crippen LogP contribution in [0, 0.1) is 5.82 Å². The number of benzene rings is 1. The number of carbonyl (C=O) groups excluding carboxylic acids is 1. The van der Waals surface area contributed by atoms with E-state index in [-0.39, 0.29) is 11.3 Å². The fourth-order valence-electron chi connectivity index (χ4n) is 1.50. The highest BCUT2D eigenvalue weighted by atomic mass is 19.1. The van der Waals surface area contributed by atoms with Crippen molar-refractivity contribution < 1.29 is 14.3 Å². The Morgan fingerprint density at radius 3 is 2.94 bits per heavy atom. The highest BCUT2D eigenvalue weighted by Crippen LogP contribution is 2.21. The first kappa shape index (κ1) is 11.3. The molecule has 1 heterocycles. The van der Waals surface area contributed by atoms with E-state index in [0.29, 0.717) is 12.1 Å². The van der Waals surface area contributed by atoms with Crippen LogP contribution in [-0.4, -0.2) is 20.7 Å². The maximum atomic E-state index is 13.0. The second kappa shape index (κ2) is 4.37. The molecule has 0 amide bonds. The quantitative estimate of drug-likeness (QED) is 0.826. The molecule has 0 aliphatic rings. The van der Waals surface area contributed by atoms with E-state index in [4.69, 9.17) is 0 Å². The van der Waals surface area contributed by atoms with E-state index in [2.05, 4.69) is 5.10 Å². The fourth-order valence-corrected chi connectivity index (χ4v) is 1.50. The number of nitrogens with zero attached hydrogens (tertiary/aromatic N) is 2. The highest BCUT2D eigenvalue weighted by molar-refractivity contribution is 6.10. The average molecular weight is 234 g/mol. The third kappa shape index (κ3) is 2.18. The van der Waals surface area contributed by atoms with Gasteiger partial charge in [-0.25, -0.2) is 4.39 Å². The van der Waals surface area contributed by atoms with E-state index >= 15 is 0 Å². The molecule has 0 fully saturated rings. The number of ketones is 1. The molecule has 1 aromatic heterocycles. The van der Waals surface area contributed by atoms with Gasteiger partial charge in [-0.2, -0.15) is 5.10 Å². The van der Waals surface area contributed by atoms with Crippen LogP contribution in [0.3, 0.4) is 0 Å². The predicted octanol–water partition coefficient (Wildman–Crippen LogP) is 1.98. The summed E-state index contributed by atoms with van der Waals surface area (Å²) < 4.78 is 14.6. The summed E-state index contributed by atoms with van der Waals surface area (Å²) in [5.41, 5.74) is 0.272. The summed E-state index contributed by atoms with van der Waals surface area (Å²) in [5.74, 6) is -1.24. The van der Waals surface area contributed by atoms with Crippen LogP contribution in [-0.2, 0) is 6.54 Å². The molecule has 0 radical (unpaired) electrons. The molecule has 0 saturated carbocycles. The Hall–Kier alpha value is -2.17. The van der Waals surface area contributed by atoms with Crippen molar-refractivity contribution in [3.05, 3.63) is 47.5 Å². The predicted molar refractivity (Wildman–Crippen MR) is 59.4 cm³/mol. The number of hydrogen-bond donors (Lipinski definition) is 1. The zero-order chi connectivity index (χ0) is 12.4. The molecule has 2 rings (SSSR count). The summed E-state index contributed by atoms with van der Waals surface area (Å²) in [6.45, 7) is 2.53. The number of phenols is 1. The lowest BCUT2D eigenvalue weighted by Gasteiger charge is -2.01. The molecular weight excluding hydrogens is 223 g/mol. The van der Waals surface area contributed by atoms with Gasteiger partial charge in [0.05, 0.1) is 17.3 Å². The smallest absolute Gasteiger partial charge is 0.200 e. The number of phenolic OH excluding ortho intramolecular Hbond substituents is 1. The Kier molecular flexibility index (Phi) is 2.91. The largest absolute Gasteiger partial charge is 0.507 e. The summed E-state index contributed by atoms with van der Waals surface area (Å²) in [6.07, 6.45) is 2.96. The van der Waals surface area contributed by atoms with Crippen LogP contribution in [0.1, 0.15) is 22.8 Å². The van der Waals surface area contributed by atoms with Gasteiger partial charge in [-0.3, -0.25) is 9.48 Å². The Labute approximate surface area is 97.3 Å². The van der Waals surface area contributed by atoms with E-state index in [1.54, 1.807) is 10.9 Å². The summed E-state index contributed by atoms with van der Waals surface area (Å²) in [5, 5.41) is 13.5. The van der Waals surface area contributed by atoms with Gasteiger partial charge in [-0.15, -0.1) is 0 Å². The van der Waals surface area contributed by atoms with Gasteiger partial charge in [0.2, 0.25) is 0 Å². The molecule has 0 spiro atoms. The maximum absolute atomic E-state index is 13.0. The number of carbonyl (C=O) groups is 1. The van der Waals surface area contributed by atoms with E-state index in [1.807, 2.05) is 6.92 Å². The molecule has 2 aromatic rings. The van der Waals surface area contributed by atoms with Crippen molar-refractivity contribution in [1.82, 2.24) is 9.78 Å². The number of aromatic nitrogens is 2. The van der Waals surface area contributed by atoms with Crippen LogP contribution in [0.15, 0.2) is 30.6 Å². The standard InChI is InChI=1S/C12H11FN2O2/c1-2-15-7-8(6-14-15)12(17)10-5-9(13)3-4-11(10)16/h3-7,16H,2H2,1H3. The van der Waals surface area contributed by atoms with Crippen LogP contribution >= 0.6 is 0 Å². The lowest BCUT2D eigenvalue weighted by atomic mass is 10.1. The van der Waals surface area contributed by atoms with Gasteiger partial charge in [0, 0.05) is 12.7 Å². The summed E-state index contributed by atoms with van der Waals surface area (Å²) in [7, 11) is 0. The molecule has 1 N–H and O–H groups in total. The summed E-state index contributed by atoms with van der Waals surface area (Å²) >= 11 is 0. The van der Waals surface area contributed by atoms with Crippen molar-refractivity contribution in [2.24, 2.45) is 0 Å². The number of aromatic hydroxyl groups is 1. The third-order valence-electron chi connectivity index (χ3n) is 2.42. The first-order valence-corrected chi connectivity index (χ1v) is 5.17. The normalized spacial score (nSPS) is 10.5.